The number of benzene rings is 2. The van der Waals surface area contributed by atoms with Crippen molar-refractivity contribution in [2.45, 2.75) is 25.2 Å². The highest BCUT2D eigenvalue weighted by Crippen LogP contribution is 2.29. The molecule has 27 heavy (non-hydrogen) atoms. The minimum absolute atomic E-state index is 0.171. The summed E-state index contributed by atoms with van der Waals surface area (Å²) >= 11 is 0. The Kier molecular flexibility index (Phi) is 9.98. The van der Waals surface area contributed by atoms with Crippen LogP contribution in [0, 0.1) is 0 Å². The van der Waals surface area contributed by atoms with Gasteiger partial charge < -0.3 is 9.74 Å². The standard InChI is InChI=1S/C15H21N3O4S.C4H8/c1-18(2)14-8-3-7-13-12(14)6-4-9-15(13)23(19,20)17-22-11-5-10-21-16;1-3-4-2/h3-4,6-9,17H,5,10-11,16H2,1-2H3;3-4H,1-2H3/b;4-3-. The van der Waals surface area contributed by atoms with Gasteiger partial charge in [-0.3, -0.25) is 4.84 Å². The van der Waals surface area contributed by atoms with Gasteiger partial charge in [0.2, 0.25) is 0 Å². The molecule has 0 radical (unpaired) electrons. The highest BCUT2D eigenvalue weighted by molar-refractivity contribution is 7.89. The van der Waals surface area contributed by atoms with Crippen LogP contribution in [0.2, 0.25) is 0 Å². The maximum absolute atomic E-state index is 12.5. The van der Waals surface area contributed by atoms with E-state index in [-0.39, 0.29) is 11.5 Å². The molecule has 0 bridgehead atoms. The molecule has 7 nitrogen and oxygen atoms in total. The third kappa shape index (κ3) is 6.93. The van der Waals surface area contributed by atoms with Gasteiger partial charge in [0.05, 0.1) is 18.1 Å². The van der Waals surface area contributed by atoms with E-state index in [1.165, 1.54) is 0 Å². The van der Waals surface area contributed by atoms with Crippen molar-refractivity contribution in [1.29, 1.82) is 0 Å². The molecular formula is C19H29N3O4S. The number of rotatable bonds is 8. The molecule has 0 aliphatic heterocycles. The number of fused-ring (bicyclic) bond motifs is 1. The second-order valence-corrected chi connectivity index (χ2v) is 7.46. The van der Waals surface area contributed by atoms with E-state index in [4.69, 9.17) is 10.7 Å². The Labute approximate surface area is 161 Å². The highest BCUT2D eigenvalue weighted by Gasteiger charge is 2.18. The third-order valence-electron chi connectivity index (χ3n) is 3.64. The van der Waals surface area contributed by atoms with Crippen LogP contribution in [0.15, 0.2) is 53.4 Å². The van der Waals surface area contributed by atoms with E-state index in [0.717, 1.165) is 11.1 Å². The molecule has 0 spiro atoms. The average molecular weight is 396 g/mol. The number of nitrogens with one attached hydrogen (secondary N) is 1. The van der Waals surface area contributed by atoms with E-state index in [1.54, 1.807) is 18.2 Å². The van der Waals surface area contributed by atoms with Crippen molar-refractivity contribution < 1.29 is 18.1 Å². The van der Waals surface area contributed by atoms with Crippen LogP contribution in [0.25, 0.3) is 10.8 Å². The number of hydrogen-bond acceptors (Lipinski definition) is 6. The Hall–Kier alpha value is -1.97. The molecule has 3 N–H and O–H groups in total. The molecule has 0 fully saturated rings. The van der Waals surface area contributed by atoms with Crippen LogP contribution in [0.1, 0.15) is 20.3 Å². The van der Waals surface area contributed by atoms with Crippen molar-refractivity contribution in [3.63, 3.8) is 0 Å². The fourth-order valence-electron chi connectivity index (χ4n) is 2.27. The Morgan fingerprint density at radius 2 is 1.67 bits per heavy atom. The first-order valence-electron chi connectivity index (χ1n) is 8.60. The number of hydrogen-bond donors (Lipinski definition) is 2. The highest BCUT2D eigenvalue weighted by atomic mass is 32.2. The fraction of sp³-hybridized carbons (Fsp3) is 0.368. The monoisotopic (exact) mass is 395 g/mol. The molecule has 8 heteroatoms. The van der Waals surface area contributed by atoms with Crippen LogP contribution < -0.4 is 15.7 Å². The van der Waals surface area contributed by atoms with Gasteiger partial charge in [0.15, 0.2) is 0 Å². The lowest BCUT2D eigenvalue weighted by Crippen LogP contribution is -2.25. The van der Waals surface area contributed by atoms with Gasteiger partial charge in [0.1, 0.15) is 0 Å². The molecule has 2 aromatic rings. The zero-order chi connectivity index (χ0) is 20.3. The van der Waals surface area contributed by atoms with E-state index in [1.807, 2.05) is 63.2 Å². The lowest BCUT2D eigenvalue weighted by Gasteiger charge is -2.17. The first-order chi connectivity index (χ1) is 12.9. The van der Waals surface area contributed by atoms with E-state index >= 15 is 0 Å². The van der Waals surface area contributed by atoms with Crippen molar-refractivity contribution in [1.82, 2.24) is 4.89 Å². The summed E-state index contributed by atoms with van der Waals surface area (Å²) in [5.74, 6) is 4.89. The van der Waals surface area contributed by atoms with E-state index < -0.39 is 10.0 Å². The Morgan fingerprint density at radius 1 is 1.04 bits per heavy atom. The molecule has 150 valence electrons. The summed E-state index contributed by atoms with van der Waals surface area (Å²) in [5.41, 5.74) is 0.945. The fourth-order valence-corrected chi connectivity index (χ4v) is 3.32. The van der Waals surface area contributed by atoms with Gasteiger partial charge in [-0.15, -0.1) is 0 Å². The van der Waals surface area contributed by atoms with E-state index in [0.29, 0.717) is 18.4 Å². The normalized spacial score (nSPS) is 11.4. The van der Waals surface area contributed by atoms with Gasteiger partial charge in [-0.2, -0.15) is 0 Å². The van der Waals surface area contributed by atoms with E-state index in [9.17, 15) is 8.42 Å². The topological polar surface area (TPSA) is 93.9 Å². The van der Waals surface area contributed by atoms with Crippen molar-refractivity contribution in [2.75, 3.05) is 32.2 Å². The van der Waals surface area contributed by atoms with Crippen LogP contribution >= 0.6 is 0 Å². The van der Waals surface area contributed by atoms with E-state index in [2.05, 4.69) is 9.72 Å². The molecule has 0 heterocycles. The Morgan fingerprint density at radius 3 is 2.26 bits per heavy atom. The second kappa shape index (κ2) is 11.7. The molecule has 0 saturated carbocycles. The molecule has 0 unspecified atom stereocenters. The molecule has 0 amide bonds. The van der Waals surface area contributed by atoms with Crippen LogP contribution in [0.3, 0.4) is 0 Å². The third-order valence-corrected chi connectivity index (χ3v) is 4.91. The molecule has 0 aliphatic rings. The summed E-state index contributed by atoms with van der Waals surface area (Å²) in [7, 11) is 0.0477. The largest absolute Gasteiger partial charge is 0.377 e. The van der Waals surface area contributed by atoms with Crippen LogP contribution in [-0.2, 0) is 19.7 Å². The summed E-state index contributed by atoms with van der Waals surface area (Å²) in [4.78, 5) is 13.6. The van der Waals surface area contributed by atoms with Crippen molar-refractivity contribution in [3.05, 3.63) is 48.6 Å². The van der Waals surface area contributed by atoms with Gasteiger partial charge in [0.25, 0.3) is 10.0 Å². The zero-order valence-electron chi connectivity index (χ0n) is 16.3. The molecule has 2 aromatic carbocycles. The molecule has 0 aliphatic carbocycles. The molecule has 0 saturated heterocycles. The van der Waals surface area contributed by atoms with Gasteiger partial charge >= 0.3 is 0 Å². The second-order valence-electron chi connectivity index (χ2n) is 5.85. The maximum Gasteiger partial charge on any atom is 0.263 e. The molecular weight excluding hydrogens is 366 g/mol. The minimum atomic E-state index is -3.78. The maximum atomic E-state index is 12.5. The first kappa shape index (κ1) is 23.1. The number of nitrogens with two attached hydrogens (primary N) is 1. The molecule has 2 rings (SSSR count). The zero-order valence-corrected chi connectivity index (χ0v) is 17.1. The van der Waals surface area contributed by atoms with Crippen LogP contribution in [0.5, 0.6) is 0 Å². The first-order valence-corrected chi connectivity index (χ1v) is 10.1. The average Bonchev–Trinajstić information content (AvgIpc) is 2.66. The lowest BCUT2D eigenvalue weighted by molar-refractivity contribution is 0.0601. The van der Waals surface area contributed by atoms with Crippen molar-refractivity contribution in [2.24, 2.45) is 5.90 Å². The van der Waals surface area contributed by atoms with Crippen LogP contribution in [-0.4, -0.2) is 35.7 Å². The molecule has 0 aromatic heterocycles. The number of sulfonamides is 1. The SMILES string of the molecule is C/C=C\C.CN(C)c1cccc2c(S(=O)(=O)NOCCCON)cccc12. The minimum Gasteiger partial charge on any atom is -0.377 e. The predicted molar refractivity (Wildman–Crippen MR) is 110 cm³/mol. The summed E-state index contributed by atoms with van der Waals surface area (Å²) in [6.45, 7) is 4.46. The smallest absolute Gasteiger partial charge is 0.263 e. The number of allylic oxidation sites excluding steroid dienone is 2. The van der Waals surface area contributed by atoms with Gasteiger partial charge in [-0.1, -0.05) is 41.3 Å². The molecule has 0 atom stereocenters. The van der Waals surface area contributed by atoms with Gasteiger partial charge in [-0.25, -0.2) is 14.3 Å². The number of anilines is 1. The van der Waals surface area contributed by atoms with Crippen LogP contribution in [0.4, 0.5) is 5.69 Å². The predicted octanol–water partition coefficient (Wildman–Crippen LogP) is 2.98. The number of nitrogens with zero attached hydrogens (tertiary/aromatic N) is 1. The summed E-state index contributed by atoms with van der Waals surface area (Å²) in [6.07, 6.45) is 4.49. The Balaban J connectivity index is 0.000000828. The van der Waals surface area contributed by atoms with Gasteiger partial charge in [-0.05, 0) is 32.4 Å². The summed E-state index contributed by atoms with van der Waals surface area (Å²) in [6, 6.07) is 10.7. The van der Waals surface area contributed by atoms with Crippen molar-refractivity contribution in [3.8, 4) is 0 Å². The summed E-state index contributed by atoms with van der Waals surface area (Å²) < 4.78 is 24.9. The van der Waals surface area contributed by atoms with Crippen molar-refractivity contribution >= 4 is 26.5 Å². The lowest BCUT2D eigenvalue weighted by atomic mass is 10.1. The quantitative estimate of drug-likeness (QED) is 0.405. The Bertz CT molecular complexity index is 832. The summed E-state index contributed by atoms with van der Waals surface area (Å²) in [5, 5.41) is 1.50. The van der Waals surface area contributed by atoms with Gasteiger partial charge in [0, 0.05) is 30.6 Å².